The summed E-state index contributed by atoms with van der Waals surface area (Å²) < 4.78 is 12.3. The van der Waals surface area contributed by atoms with E-state index in [1.54, 1.807) is 39.0 Å². The molecular formula is C19H20N2O5S. The van der Waals surface area contributed by atoms with E-state index in [4.69, 9.17) is 9.47 Å². The fourth-order valence-corrected chi connectivity index (χ4v) is 3.21. The Morgan fingerprint density at radius 3 is 2.63 bits per heavy atom. The number of benzene rings is 1. The monoisotopic (exact) mass is 388 g/mol. The number of aromatic nitrogens is 2. The summed E-state index contributed by atoms with van der Waals surface area (Å²) in [7, 11) is 0. The van der Waals surface area contributed by atoms with Gasteiger partial charge in [-0.05, 0) is 45.9 Å². The fraction of sp³-hybridized carbons (Fsp3) is 0.316. The largest absolute Gasteiger partial charge is 0.487 e. The van der Waals surface area contributed by atoms with E-state index in [0.29, 0.717) is 16.7 Å². The number of aromatic carboxylic acids is 1. The van der Waals surface area contributed by atoms with Crippen LogP contribution in [0.2, 0.25) is 0 Å². The van der Waals surface area contributed by atoms with Crippen molar-refractivity contribution < 1.29 is 24.2 Å². The van der Waals surface area contributed by atoms with Gasteiger partial charge in [-0.15, -0.1) is 11.3 Å². The Hall–Kier alpha value is -2.87. The van der Waals surface area contributed by atoms with Crippen molar-refractivity contribution in [1.29, 1.82) is 0 Å². The van der Waals surface area contributed by atoms with Crippen LogP contribution in [0, 0.1) is 6.92 Å². The first-order valence-corrected chi connectivity index (χ1v) is 9.18. The van der Waals surface area contributed by atoms with Crippen molar-refractivity contribution in [3.8, 4) is 5.75 Å². The minimum atomic E-state index is -1.22. The summed E-state index contributed by atoms with van der Waals surface area (Å²) >= 11 is 1.53. The number of aryl methyl sites for hydroxylation is 1. The quantitative estimate of drug-likeness (QED) is 0.709. The lowest BCUT2D eigenvalue weighted by Gasteiger charge is -2.20. The minimum Gasteiger partial charge on any atom is -0.487 e. The Bertz CT molecular complexity index is 1010. The van der Waals surface area contributed by atoms with E-state index in [1.807, 2.05) is 12.3 Å². The third-order valence-corrected chi connectivity index (χ3v) is 4.47. The second-order valence-corrected chi connectivity index (χ2v) is 8.05. The molecule has 0 bridgehead atoms. The van der Waals surface area contributed by atoms with E-state index < -0.39 is 17.7 Å². The predicted octanol–water partition coefficient (Wildman–Crippen LogP) is 4.47. The molecule has 3 rings (SSSR count). The fourth-order valence-electron chi connectivity index (χ4n) is 2.62. The molecule has 0 atom stereocenters. The van der Waals surface area contributed by atoms with E-state index >= 15 is 0 Å². The van der Waals surface area contributed by atoms with Crippen molar-refractivity contribution in [2.75, 3.05) is 0 Å². The third kappa shape index (κ3) is 4.11. The number of nitrogens with zero attached hydrogens (tertiary/aromatic N) is 2. The second kappa shape index (κ2) is 7.03. The Morgan fingerprint density at radius 2 is 2.04 bits per heavy atom. The normalized spacial score (nSPS) is 11.6. The molecule has 0 spiro atoms. The molecular weight excluding hydrogens is 368 g/mol. The summed E-state index contributed by atoms with van der Waals surface area (Å²) in [5.41, 5.74) is 0.271. The standard InChI is InChI=1S/C19H20N2O5S/c1-11-20-12(10-27-11)9-25-16-7-5-6-14-13(16)8-15(17(22)23)21(14)18(24)26-19(2,3)4/h5-8,10H,9H2,1-4H3,(H,22,23). The Kier molecular flexibility index (Phi) is 4.93. The summed E-state index contributed by atoms with van der Waals surface area (Å²) in [4.78, 5) is 28.6. The van der Waals surface area contributed by atoms with Gasteiger partial charge in [-0.2, -0.15) is 0 Å². The molecule has 2 aromatic heterocycles. The van der Waals surface area contributed by atoms with Gasteiger partial charge in [0.05, 0.1) is 16.2 Å². The number of carbonyl (C=O) groups excluding carboxylic acids is 1. The van der Waals surface area contributed by atoms with Gasteiger partial charge >= 0.3 is 12.1 Å². The van der Waals surface area contributed by atoms with Gasteiger partial charge in [0.1, 0.15) is 23.7 Å². The lowest BCUT2D eigenvalue weighted by atomic mass is 10.2. The highest BCUT2D eigenvalue weighted by Gasteiger charge is 2.26. The summed E-state index contributed by atoms with van der Waals surface area (Å²) in [6.07, 6.45) is -0.748. The van der Waals surface area contributed by atoms with Gasteiger partial charge in [0.25, 0.3) is 0 Å². The number of thiazole rings is 1. The van der Waals surface area contributed by atoms with Crippen molar-refractivity contribution in [1.82, 2.24) is 9.55 Å². The molecule has 8 heteroatoms. The van der Waals surface area contributed by atoms with Crippen LogP contribution in [-0.2, 0) is 11.3 Å². The van der Waals surface area contributed by atoms with Crippen LogP contribution in [0.5, 0.6) is 5.75 Å². The van der Waals surface area contributed by atoms with Gasteiger partial charge < -0.3 is 14.6 Å². The average Bonchev–Trinajstić information content (AvgIpc) is 3.14. The summed E-state index contributed by atoms with van der Waals surface area (Å²) in [6, 6.07) is 6.51. The second-order valence-electron chi connectivity index (χ2n) is 6.99. The maximum atomic E-state index is 12.6. The highest BCUT2D eigenvalue weighted by atomic mass is 32.1. The van der Waals surface area contributed by atoms with Gasteiger partial charge in [-0.25, -0.2) is 19.1 Å². The number of hydrogen-bond donors (Lipinski definition) is 1. The van der Waals surface area contributed by atoms with Gasteiger partial charge in [0, 0.05) is 10.8 Å². The van der Waals surface area contributed by atoms with Crippen molar-refractivity contribution in [3.05, 3.63) is 46.0 Å². The zero-order valence-corrected chi connectivity index (χ0v) is 16.3. The lowest BCUT2D eigenvalue weighted by Crippen LogP contribution is -2.28. The molecule has 0 saturated carbocycles. The minimum absolute atomic E-state index is 0.181. The van der Waals surface area contributed by atoms with Crippen molar-refractivity contribution in [2.45, 2.75) is 39.9 Å². The van der Waals surface area contributed by atoms with Gasteiger partial charge in [-0.1, -0.05) is 6.07 Å². The maximum Gasteiger partial charge on any atom is 0.419 e. The van der Waals surface area contributed by atoms with Crippen LogP contribution < -0.4 is 4.74 Å². The molecule has 0 amide bonds. The number of carbonyl (C=O) groups is 2. The van der Waals surface area contributed by atoms with E-state index in [0.717, 1.165) is 15.3 Å². The SMILES string of the molecule is Cc1nc(COc2cccc3c2cc(C(=O)O)n3C(=O)OC(C)(C)C)cs1. The molecule has 0 aliphatic carbocycles. The van der Waals surface area contributed by atoms with Gasteiger partial charge in [-0.3, -0.25) is 0 Å². The molecule has 3 aromatic rings. The molecule has 1 N–H and O–H groups in total. The zero-order chi connectivity index (χ0) is 19.8. The van der Waals surface area contributed by atoms with Crippen LogP contribution >= 0.6 is 11.3 Å². The predicted molar refractivity (Wildman–Crippen MR) is 102 cm³/mol. The van der Waals surface area contributed by atoms with Crippen LogP contribution in [0.4, 0.5) is 4.79 Å². The van der Waals surface area contributed by atoms with Crippen LogP contribution in [0.3, 0.4) is 0 Å². The summed E-state index contributed by atoms with van der Waals surface area (Å²) in [6.45, 7) is 7.34. The van der Waals surface area contributed by atoms with Crippen LogP contribution in [-0.4, -0.2) is 32.3 Å². The Balaban J connectivity index is 2.01. The first-order chi connectivity index (χ1) is 12.7. The molecule has 0 unspecified atom stereocenters. The smallest absolute Gasteiger partial charge is 0.419 e. The van der Waals surface area contributed by atoms with Crippen LogP contribution in [0.15, 0.2) is 29.6 Å². The zero-order valence-electron chi connectivity index (χ0n) is 15.5. The number of carboxylic acids is 1. The molecule has 7 nitrogen and oxygen atoms in total. The highest BCUT2D eigenvalue weighted by Crippen LogP contribution is 2.30. The molecule has 0 saturated heterocycles. The first kappa shape index (κ1) is 18.9. The first-order valence-electron chi connectivity index (χ1n) is 8.30. The number of ether oxygens (including phenoxy) is 2. The number of rotatable bonds is 4. The topological polar surface area (TPSA) is 90.6 Å². The van der Waals surface area contributed by atoms with Gasteiger partial charge in [0.2, 0.25) is 0 Å². The summed E-state index contributed by atoms with van der Waals surface area (Å²) in [5, 5.41) is 12.9. The molecule has 27 heavy (non-hydrogen) atoms. The maximum absolute atomic E-state index is 12.6. The number of hydrogen-bond acceptors (Lipinski definition) is 6. The molecule has 142 valence electrons. The molecule has 0 aliphatic heterocycles. The van der Waals surface area contributed by atoms with Crippen LogP contribution in [0.1, 0.15) is 42.0 Å². The van der Waals surface area contributed by atoms with Crippen molar-refractivity contribution in [3.63, 3.8) is 0 Å². The van der Waals surface area contributed by atoms with E-state index in [2.05, 4.69) is 4.98 Å². The van der Waals surface area contributed by atoms with E-state index in [-0.39, 0.29) is 12.3 Å². The highest BCUT2D eigenvalue weighted by molar-refractivity contribution is 7.09. The molecule has 2 heterocycles. The molecule has 0 fully saturated rings. The molecule has 0 aliphatic rings. The Labute approximate surface area is 160 Å². The average molecular weight is 388 g/mol. The van der Waals surface area contributed by atoms with E-state index in [9.17, 15) is 14.7 Å². The van der Waals surface area contributed by atoms with E-state index in [1.165, 1.54) is 17.4 Å². The molecule has 1 aromatic carbocycles. The third-order valence-electron chi connectivity index (χ3n) is 3.64. The lowest BCUT2D eigenvalue weighted by molar-refractivity contribution is 0.0513. The van der Waals surface area contributed by atoms with Crippen LogP contribution in [0.25, 0.3) is 10.9 Å². The Morgan fingerprint density at radius 1 is 1.30 bits per heavy atom. The van der Waals surface area contributed by atoms with Gasteiger partial charge in [0.15, 0.2) is 0 Å². The number of carboxylic acid groups (broad SMARTS) is 1. The summed E-state index contributed by atoms with van der Waals surface area (Å²) in [5.74, 6) is -0.749. The molecule has 0 radical (unpaired) electrons. The van der Waals surface area contributed by atoms with Crippen molar-refractivity contribution >= 4 is 34.3 Å². The number of fused-ring (bicyclic) bond motifs is 1. The van der Waals surface area contributed by atoms with Crippen molar-refractivity contribution in [2.24, 2.45) is 0 Å².